The van der Waals surface area contributed by atoms with Gasteiger partial charge in [0.2, 0.25) is 5.91 Å². The summed E-state index contributed by atoms with van der Waals surface area (Å²) in [6.45, 7) is 2.82. The van der Waals surface area contributed by atoms with E-state index < -0.39 is 0 Å². The Hall–Kier alpha value is -1.49. The largest absolute Gasteiger partial charge is 0.378 e. The van der Waals surface area contributed by atoms with Crippen molar-refractivity contribution in [2.24, 2.45) is 5.41 Å². The molecule has 0 radical (unpaired) electrons. The highest BCUT2D eigenvalue weighted by Crippen LogP contribution is 2.53. The predicted molar refractivity (Wildman–Crippen MR) is 87.8 cm³/mol. The molecule has 0 bridgehead atoms. The Morgan fingerprint density at radius 3 is 2.91 bits per heavy atom. The first kappa shape index (κ1) is 16.4. The van der Waals surface area contributed by atoms with Crippen molar-refractivity contribution < 1.29 is 9.53 Å². The average Bonchev–Trinajstić information content (AvgIpc) is 2.61. The van der Waals surface area contributed by atoms with Crippen LogP contribution in [0.15, 0.2) is 18.6 Å². The van der Waals surface area contributed by atoms with E-state index in [0.29, 0.717) is 18.9 Å². The number of rotatable bonds is 6. The lowest BCUT2D eigenvalue weighted by Gasteiger charge is -2.57. The summed E-state index contributed by atoms with van der Waals surface area (Å²) in [5.74, 6) is 0.133. The molecule has 1 amide bonds. The molecule has 0 unspecified atom stereocenters. The molecule has 1 N–H and O–H groups in total. The Morgan fingerprint density at radius 1 is 1.39 bits per heavy atom. The van der Waals surface area contributed by atoms with Crippen LogP contribution in [0.25, 0.3) is 0 Å². The van der Waals surface area contributed by atoms with Crippen molar-refractivity contribution in [3.63, 3.8) is 0 Å². The minimum Gasteiger partial charge on any atom is -0.378 e. The molecule has 2 atom stereocenters. The highest BCUT2D eigenvalue weighted by molar-refractivity contribution is 5.76. The number of amides is 1. The number of hydrogen-bond acceptors (Lipinski definition) is 4. The molecular weight excluding hydrogens is 290 g/mol. The van der Waals surface area contributed by atoms with Crippen LogP contribution in [0, 0.1) is 5.41 Å². The molecule has 0 saturated heterocycles. The standard InChI is InChI=1S/C18H27N3O2/c1-2-23-16-12-15(18(16)9-4-3-5-10-18)21-17(22)7-6-14-8-11-19-13-20-14/h8,11,13,15-16H,2-7,9-10,12H2,1H3,(H,21,22)/t15-,16+/m1/s1. The maximum Gasteiger partial charge on any atom is 0.220 e. The summed E-state index contributed by atoms with van der Waals surface area (Å²) in [6, 6.07) is 2.15. The molecule has 3 rings (SSSR count). The maximum atomic E-state index is 12.3. The third-order valence-electron chi connectivity index (χ3n) is 5.52. The van der Waals surface area contributed by atoms with Gasteiger partial charge >= 0.3 is 0 Å². The van der Waals surface area contributed by atoms with Crippen LogP contribution in [0.4, 0.5) is 0 Å². The summed E-state index contributed by atoms with van der Waals surface area (Å²) in [6.07, 6.45) is 11.9. The zero-order valence-electron chi connectivity index (χ0n) is 14.0. The van der Waals surface area contributed by atoms with E-state index in [0.717, 1.165) is 18.7 Å². The summed E-state index contributed by atoms with van der Waals surface area (Å²) in [5.41, 5.74) is 1.11. The second kappa shape index (κ2) is 7.39. The SMILES string of the molecule is CCO[C@H]1C[C@@H](NC(=O)CCc2ccncn2)C12CCCCC2. The molecule has 2 aliphatic carbocycles. The third-order valence-corrected chi connectivity index (χ3v) is 5.52. The smallest absolute Gasteiger partial charge is 0.220 e. The number of hydrogen-bond donors (Lipinski definition) is 1. The van der Waals surface area contributed by atoms with E-state index in [2.05, 4.69) is 22.2 Å². The summed E-state index contributed by atoms with van der Waals surface area (Å²) in [7, 11) is 0. The summed E-state index contributed by atoms with van der Waals surface area (Å²) < 4.78 is 5.94. The van der Waals surface area contributed by atoms with Crippen molar-refractivity contribution in [2.45, 2.75) is 70.4 Å². The number of nitrogens with zero attached hydrogens (tertiary/aromatic N) is 2. The predicted octanol–water partition coefficient (Wildman–Crippen LogP) is 2.65. The van der Waals surface area contributed by atoms with Gasteiger partial charge < -0.3 is 10.1 Å². The first-order valence-electron chi connectivity index (χ1n) is 8.90. The average molecular weight is 317 g/mol. The van der Waals surface area contributed by atoms with E-state index in [1.165, 1.54) is 38.4 Å². The summed E-state index contributed by atoms with van der Waals surface area (Å²) in [5, 5.41) is 3.27. The molecule has 1 aromatic heterocycles. The lowest BCUT2D eigenvalue weighted by Crippen LogP contribution is -2.65. The van der Waals surface area contributed by atoms with E-state index in [4.69, 9.17) is 4.74 Å². The van der Waals surface area contributed by atoms with Gasteiger partial charge in [-0.1, -0.05) is 19.3 Å². The number of ether oxygens (including phenoxy) is 1. The van der Waals surface area contributed by atoms with Gasteiger partial charge in [-0.3, -0.25) is 4.79 Å². The van der Waals surface area contributed by atoms with Crippen molar-refractivity contribution in [2.75, 3.05) is 6.61 Å². The van der Waals surface area contributed by atoms with Gasteiger partial charge in [0.15, 0.2) is 0 Å². The molecular formula is C18H27N3O2. The van der Waals surface area contributed by atoms with Crippen LogP contribution in [0.2, 0.25) is 0 Å². The van der Waals surface area contributed by atoms with Crippen LogP contribution in [0.5, 0.6) is 0 Å². The van der Waals surface area contributed by atoms with Crippen molar-refractivity contribution in [1.82, 2.24) is 15.3 Å². The molecule has 2 saturated carbocycles. The zero-order chi connectivity index (χ0) is 16.1. The van der Waals surface area contributed by atoms with Crippen LogP contribution in [-0.4, -0.2) is 34.6 Å². The molecule has 5 nitrogen and oxygen atoms in total. The van der Waals surface area contributed by atoms with Crippen molar-refractivity contribution >= 4 is 5.91 Å². The normalized spacial score (nSPS) is 25.8. The lowest BCUT2D eigenvalue weighted by molar-refractivity contribution is -0.157. The highest BCUT2D eigenvalue weighted by atomic mass is 16.5. The van der Waals surface area contributed by atoms with Gasteiger partial charge in [0.05, 0.1) is 6.10 Å². The fourth-order valence-electron chi connectivity index (χ4n) is 4.24. The maximum absolute atomic E-state index is 12.3. The summed E-state index contributed by atoms with van der Waals surface area (Å²) >= 11 is 0. The molecule has 2 aliphatic rings. The topological polar surface area (TPSA) is 64.1 Å². The van der Waals surface area contributed by atoms with Crippen LogP contribution < -0.4 is 5.32 Å². The van der Waals surface area contributed by atoms with Gasteiger partial charge in [0.1, 0.15) is 6.33 Å². The Balaban J connectivity index is 1.53. The molecule has 0 aliphatic heterocycles. The first-order chi connectivity index (χ1) is 11.2. The number of aryl methyl sites for hydroxylation is 1. The molecule has 126 valence electrons. The van der Waals surface area contributed by atoms with E-state index in [9.17, 15) is 4.79 Å². The second-order valence-electron chi connectivity index (χ2n) is 6.79. The Labute approximate surface area is 138 Å². The van der Waals surface area contributed by atoms with E-state index in [-0.39, 0.29) is 17.4 Å². The molecule has 2 fully saturated rings. The van der Waals surface area contributed by atoms with Crippen molar-refractivity contribution in [1.29, 1.82) is 0 Å². The quantitative estimate of drug-likeness (QED) is 0.876. The van der Waals surface area contributed by atoms with Gasteiger partial charge in [-0.25, -0.2) is 9.97 Å². The highest BCUT2D eigenvalue weighted by Gasteiger charge is 2.55. The van der Waals surface area contributed by atoms with Crippen molar-refractivity contribution in [3.8, 4) is 0 Å². The molecule has 5 heteroatoms. The monoisotopic (exact) mass is 317 g/mol. The van der Waals surface area contributed by atoms with Crippen LogP contribution in [0.3, 0.4) is 0 Å². The number of carbonyl (C=O) groups is 1. The zero-order valence-corrected chi connectivity index (χ0v) is 14.0. The lowest BCUT2D eigenvalue weighted by atomic mass is 9.55. The van der Waals surface area contributed by atoms with E-state index in [1.54, 1.807) is 6.20 Å². The van der Waals surface area contributed by atoms with Gasteiger partial charge in [0.25, 0.3) is 0 Å². The van der Waals surface area contributed by atoms with Crippen LogP contribution >= 0.6 is 0 Å². The molecule has 23 heavy (non-hydrogen) atoms. The third kappa shape index (κ3) is 3.55. The fourth-order valence-corrected chi connectivity index (χ4v) is 4.24. The number of aromatic nitrogens is 2. The Bertz CT molecular complexity index is 514. The van der Waals surface area contributed by atoms with Crippen LogP contribution in [-0.2, 0) is 16.0 Å². The van der Waals surface area contributed by atoms with Crippen LogP contribution in [0.1, 0.15) is 57.6 Å². The van der Waals surface area contributed by atoms with E-state index in [1.807, 2.05) is 6.07 Å². The fraction of sp³-hybridized carbons (Fsp3) is 0.722. The number of nitrogens with one attached hydrogen (secondary N) is 1. The van der Waals surface area contributed by atoms with Gasteiger partial charge in [-0.15, -0.1) is 0 Å². The van der Waals surface area contributed by atoms with Gasteiger partial charge in [-0.05, 0) is 38.7 Å². The Morgan fingerprint density at radius 2 is 2.22 bits per heavy atom. The minimum absolute atomic E-state index is 0.133. The molecule has 1 aromatic rings. The van der Waals surface area contributed by atoms with Gasteiger partial charge in [-0.2, -0.15) is 0 Å². The Kier molecular flexibility index (Phi) is 5.26. The molecule has 0 aromatic carbocycles. The van der Waals surface area contributed by atoms with Gasteiger partial charge in [0, 0.05) is 36.4 Å². The molecule has 1 spiro atoms. The van der Waals surface area contributed by atoms with E-state index >= 15 is 0 Å². The minimum atomic E-state index is 0.133. The summed E-state index contributed by atoms with van der Waals surface area (Å²) in [4.78, 5) is 20.4. The first-order valence-corrected chi connectivity index (χ1v) is 8.90. The second-order valence-corrected chi connectivity index (χ2v) is 6.79. The van der Waals surface area contributed by atoms with Crippen molar-refractivity contribution in [3.05, 3.63) is 24.3 Å². The number of carbonyl (C=O) groups excluding carboxylic acids is 1. The molecule has 1 heterocycles.